The minimum Gasteiger partial charge on any atom is -0.465 e. The smallest absolute Gasteiger partial charge is 0.405 e. The number of carbonyl (C=O) groups excluding carboxylic acids is 1. The van der Waals surface area contributed by atoms with Crippen LogP contribution in [0.5, 0.6) is 0 Å². The fourth-order valence-corrected chi connectivity index (χ4v) is 4.14. The molecule has 2 N–H and O–H groups in total. The van der Waals surface area contributed by atoms with Gasteiger partial charge in [-0.3, -0.25) is 4.79 Å². The number of carbonyl (C=O) groups is 2. The third kappa shape index (κ3) is 2.96. The van der Waals surface area contributed by atoms with Crippen LogP contribution < -0.4 is 10.2 Å². The lowest BCUT2D eigenvalue weighted by Crippen LogP contribution is -2.53. The normalized spacial score (nSPS) is 26.6. The van der Waals surface area contributed by atoms with Crippen LogP contribution in [-0.2, 0) is 4.79 Å². The summed E-state index contributed by atoms with van der Waals surface area (Å²) in [5.74, 6) is 0.609. The molecule has 1 saturated carbocycles. The van der Waals surface area contributed by atoms with Crippen molar-refractivity contribution in [1.29, 1.82) is 0 Å². The van der Waals surface area contributed by atoms with Crippen LogP contribution in [0.2, 0.25) is 0 Å². The number of amides is 2. The van der Waals surface area contributed by atoms with Gasteiger partial charge in [0.15, 0.2) is 0 Å². The van der Waals surface area contributed by atoms with Crippen LogP contribution >= 0.6 is 15.9 Å². The van der Waals surface area contributed by atoms with E-state index in [1.165, 1.54) is 0 Å². The van der Waals surface area contributed by atoms with Gasteiger partial charge in [0.05, 0.1) is 6.04 Å². The maximum atomic E-state index is 12.6. The average Bonchev–Trinajstić information content (AvgIpc) is 3.33. The van der Waals surface area contributed by atoms with Crippen molar-refractivity contribution in [2.24, 2.45) is 11.8 Å². The average molecular weight is 381 g/mol. The zero-order valence-corrected chi connectivity index (χ0v) is 14.8. The fraction of sp³-hybridized carbons (Fsp3) is 0.529. The maximum absolute atomic E-state index is 12.6. The second kappa shape index (κ2) is 6.15. The molecular weight excluding hydrogens is 360 g/mol. The van der Waals surface area contributed by atoms with Crippen molar-refractivity contribution in [3.63, 3.8) is 0 Å². The molecule has 124 valence electrons. The lowest BCUT2D eigenvalue weighted by Gasteiger charge is -2.45. The molecule has 1 aliphatic carbocycles. The molecule has 2 aliphatic rings. The van der Waals surface area contributed by atoms with Gasteiger partial charge in [0.25, 0.3) is 0 Å². The first-order valence-corrected chi connectivity index (χ1v) is 8.84. The number of carboxylic acid groups (broad SMARTS) is 1. The molecule has 1 aromatic carbocycles. The van der Waals surface area contributed by atoms with Crippen molar-refractivity contribution < 1.29 is 14.7 Å². The third-order valence-corrected chi connectivity index (χ3v) is 5.40. The summed E-state index contributed by atoms with van der Waals surface area (Å²) in [6.45, 7) is 3.92. The van der Waals surface area contributed by atoms with Crippen molar-refractivity contribution in [2.75, 3.05) is 4.90 Å². The molecule has 6 heteroatoms. The van der Waals surface area contributed by atoms with Gasteiger partial charge in [-0.1, -0.05) is 29.8 Å². The number of anilines is 1. The molecule has 0 bridgehead atoms. The molecular formula is C17H21BrN2O3. The molecule has 0 unspecified atom stereocenters. The summed E-state index contributed by atoms with van der Waals surface area (Å²) in [6.07, 6.45) is 1.63. The van der Waals surface area contributed by atoms with E-state index in [4.69, 9.17) is 0 Å². The van der Waals surface area contributed by atoms with Gasteiger partial charge < -0.3 is 15.3 Å². The molecule has 3 rings (SSSR count). The second-order valence-electron chi connectivity index (χ2n) is 6.43. The molecule has 0 saturated heterocycles. The third-order valence-electron chi connectivity index (χ3n) is 4.90. The molecule has 1 heterocycles. The molecule has 3 atom stereocenters. The lowest BCUT2D eigenvalue weighted by molar-refractivity contribution is -0.119. The minimum atomic E-state index is -1.03. The highest BCUT2D eigenvalue weighted by atomic mass is 79.9. The number of hydrogen-bond donors (Lipinski definition) is 2. The maximum Gasteiger partial charge on any atom is 0.405 e. The van der Waals surface area contributed by atoms with E-state index >= 15 is 0 Å². The van der Waals surface area contributed by atoms with E-state index in [1.807, 2.05) is 36.9 Å². The van der Waals surface area contributed by atoms with E-state index in [9.17, 15) is 14.7 Å². The Morgan fingerprint density at radius 2 is 2.09 bits per heavy atom. The van der Waals surface area contributed by atoms with Crippen molar-refractivity contribution in [3.05, 3.63) is 28.2 Å². The Hall–Kier alpha value is -1.56. The summed E-state index contributed by atoms with van der Waals surface area (Å²) in [7, 11) is 0. The van der Waals surface area contributed by atoms with Gasteiger partial charge in [-0.15, -0.1) is 0 Å². The Morgan fingerprint density at radius 1 is 1.39 bits per heavy atom. The molecule has 0 spiro atoms. The summed E-state index contributed by atoms with van der Waals surface area (Å²) in [6, 6.07) is 5.52. The molecule has 1 fully saturated rings. The summed E-state index contributed by atoms with van der Waals surface area (Å²) < 4.78 is 0.884. The Labute approximate surface area is 144 Å². The van der Waals surface area contributed by atoms with Crippen LogP contribution in [0.4, 0.5) is 10.5 Å². The lowest BCUT2D eigenvalue weighted by atomic mass is 9.80. The van der Waals surface area contributed by atoms with E-state index in [-0.39, 0.29) is 23.9 Å². The van der Waals surface area contributed by atoms with Gasteiger partial charge in [-0.05, 0) is 42.5 Å². The van der Waals surface area contributed by atoms with E-state index in [2.05, 4.69) is 21.2 Å². The standard InChI is InChI=1S/C17H21BrN2O3/c1-3-14(21)20-13-7-6-11(18)8-12(13)15(19-17(22)23)9(2)16(20)10-4-5-10/h6-10,15-16,19H,3-5H2,1-2H3,(H,22,23)/t9-,15-,16-/m1/s1. The zero-order chi connectivity index (χ0) is 16.7. The highest BCUT2D eigenvalue weighted by Gasteiger charge is 2.48. The topological polar surface area (TPSA) is 69.6 Å². The van der Waals surface area contributed by atoms with E-state index < -0.39 is 6.09 Å². The quantitative estimate of drug-likeness (QED) is 0.834. The van der Waals surface area contributed by atoms with Crippen LogP contribution in [0.15, 0.2) is 22.7 Å². The molecule has 5 nitrogen and oxygen atoms in total. The predicted octanol–water partition coefficient (Wildman–Crippen LogP) is 3.93. The number of benzene rings is 1. The fourth-order valence-electron chi connectivity index (χ4n) is 3.76. The second-order valence-corrected chi connectivity index (χ2v) is 7.35. The SMILES string of the molecule is CCC(=O)N1c2ccc(Br)cc2[C@H](NC(=O)O)[C@@H](C)[C@@H]1C1CC1. The zero-order valence-electron chi connectivity index (χ0n) is 13.3. The van der Waals surface area contributed by atoms with Crippen LogP contribution in [0, 0.1) is 11.8 Å². The molecule has 2 amide bonds. The molecule has 1 aromatic rings. The summed E-state index contributed by atoms with van der Waals surface area (Å²) >= 11 is 3.46. The summed E-state index contributed by atoms with van der Waals surface area (Å²) in [5.41, 5.74) is 1.71. The number of hydrogen-bond acceptors (Lipinski definition) is 2. The first-order chi connectivity index (χ1) is 10.9. The summed E-state index contributed by atoms with van der Waals surface area (Å²) in [4.78, 5) is 25.8. The van der Waals surface area contributed by atoms with E-state index in [0.717, 1.165) is 28.6 Å². The number of nitrogens with zero attached hydrogens (tertiary/aromatic N) is 1. The van der Waals surface area contributed by atoms with Gasteiger partial charge in [0, 0.05) is 28.5 Å². The first-order valence-electron chi connectivity index (χ1n) is 8.05. The Morgan fingerprint density at radius 3 is 2.65 bits per heavy atom. The van der Waals surface area contributed by atoms with Crippen molar-refractivity contribution >= 4 is 33.6 Å². The van der Waals surface area contributed by atoms with Crippen molar-refractivity contribution in [2.45, 2.75) is 45.2 Å². The Balaban J connectivity index is 2.12. The monoisotopic (exact) mass is 380 g/mol. The molecule has 1 aliphatic heterocycles. The van der Waals surface area contributed by atoms with Crippen LogP contribution in [0.25, 0.3) is 0 Å². The van der Waals surface area contributed by atoms with Crippen LogP contribution in [0.1, 0.15) is 44.7 Å². The Kier molecular flexibility index (Phi) is 4.36. The number of nitrogens with one attached hydrogen (secondary N) is 1. The van der Waals surface area contributed by atoms with Gasteiger partial charge >= 0.3 is 6.09 Å². The Bertz CT molecular complexity index is 645. The predicted molar refractivity (Wildman–Crippen MR) is 91.5 cm³/mol. The van der Waals surface area contributed by atoms with Crippen molar-refractivity contribution in [3.8, 4) is 0 Å². The van der Waals surface area contributed by atoms with Gasteiger partial charge in [-0.2, -0.15) is 0 Å². The molecule has 0 aromatic heterocycles. The van der Waals surface area contributed by atoms with Gasteiger partial charge in [0.1, 0.15) is 0 Å². The van der Waals surface area contributed by atoms with Crippen molar-refractivity contribution in [1.82, 2.24) is 5.32 Å². The molecule has 23 heavy (non-hydrogen) atoms. The van der Waals surface area contributed by atoms with Crippen LogP contribution in [-0.4, -0.2) is 23.1 Å². The highest BCUT2D eigenvalue weighted by Crippen LogP contribution is 2.49. The number of fused-ring (bicyclic) bond motifs is 1. The van der Waals surface area contributed by atoms with Crippen LogP contribution in [0.3, 0.4) is 0 Å². The van der Waals surface area contributed by atoms with E-state index in [0.29, 0.717) is 12.3 Å². The van der Waals surface area contributed by atoms with E-state index in [1.54, 1.807) is 0 Å². The number of rotatable bonds is 3. The highest BCUT2D eigenvalue weighted by molar-refractivity contribution is 9.10. The number of halogens is 1. The summed E-state index contributed by atoms with van der Waals surface area (Å²) in [5, 5.41) is 11.9. The largest absolute Gasteiger partial charge is 0.465 e. The first kappa shape index (κ1) is 16.3. The van der Waals surface area contributed by atoms with Gasteiger partial charge in [-0.25, -0.2) is 4.79 Å². The minimum absolute atomic E-state index is 0.0379. The van der Waals surface area contributed by atoms with Gasteiger partial charge in [0.2, 0.25) is 5.91 Å². The molecule has 0 radical (unpaired) electrons.